The monoisotopic (exact) mass is 130 g/mol. The molecule has 0 N–H and O–H groups in total. The van der Waals surface area contributed by atoms with Gasteiger partial charge in [0.1, 0.15) is 0 Å². The SMILES string of the molecule is C=CC(=S)OC(C)C. The summed E-state index contributed by atoms with van der Waals surface area (Å²) in [5.41, 5.74) is 0. The molecule has 0 atom stereocenters. The first-order valence-corrected chi connectivity index (χ1v) is 2.90. The number of hydrogen-bond donors (Lipinski definition) is 0. The third-order valence-corrected chi connectivity index (χ3v) is 0.781. The van der Waals surface area contributed by atoms with Crippen molar-refractivity contribution in [2.24, 2.45) is 0 Å². The van der Waals surface area contributed by atoms with Crippen LogP contribution in [0.15, 0.2) is 12.7 Å². The highest BCUT2D eigenvalue weighted by molar-refractivity contribution is 7.80. The Labute approximate surface area is 55.3 Å². The van der Waals surface area contributed by atoms with Crippen LogP contribution in [0.25, 0.3) is 0 Å². The van der Waals surface area contributed by atoms with E-state index in [1.165, 1.54) is 6.08 Å². The van der Waals surface area contributed by atoms with Gasteiger partial charge in [0.05, 0.1) is 6.10 Å². The molecule has 0 rings (SSSR count). The third kappa shape index (κ3) is 3.81. The standard InChI is InChI=1S/C6H10OS/c1-4-6(8)7-5(2)3/h4-5H,1H2,2-3H3. The lowest BCUT2D eigenvalue weighted by Crippen LogP contribution is -2.05. The molecule has 0 aliphatic heterocycles. The Morgan fingerprint density at radius 3 is 2.38 bits per heavy atom. The van der Waals surface area contributed by atoms with E-state index in [1.807, 2.05) is 13.8 Å². The maximum Gasteiger partial charge on any atom is 0.183 e. The van der Waals surface area contributed by atoms with Crippen molar-refractivity contribution in [2.75, 3.05) is 0 Å². The Kier molecular flexibility index (Phi) is 3.44. The molecule has 46 valence electrons. The summed E-state index contributed by atoms with van der Waals surface area (Å²) < 4.78 is 5.01. The van der Waals surface area contributed by atoms with E-state index in [9.17, 15) is 0 Å². The minimum atomic E-state index is 0.167. The summed E-state index contributed by atoms with van der Waals surface area (Å²) in [6.45, 7) is 7.30. The van der Waals surface area contributed by atoms with Crippen LogP contribution in [0.3, 0.4) is 0 Å². The normalized spacial score (nSPS) is 8.88. The van der Waals surface area contributed by atoms with E-state index >= 15 is 0 Å². The van der Waals surface area contributed by atoms with Crippen molar-refractivity contribution in [3.63, 3.8) is 0 Å². The maximum absolute atomic E-state index is 5.01. The first-order valence-electron chi connectivity index (χ1n) is 2.50. The average molecular weight is 130 g/mol. The van der Waals surface area contributed by atoms with Gasteiger partial charge in [-0.25, -0.2) is 0 Å². The molecule has 0 aliphatic carbocycles. The summed E-state index contributed by atoms with van der Waals surface area (Å²) in [4.78, 5) is 0. The zero-order valence-corrected chi connectivity index (χ0v) is 5.99. The van der Waals surface area contributed by atoms with Crippen LogP contribution in [0.1, 0.15) is 13.8 Å². The fourth-order valence-electron chi connectivity index (χ4n) is 0.280. The highest BCUT2D eigenvalue weighted by atomic mass is 32.1. The molecule has 0 amide bonds. The van der Waals surface area contributed by atoms with Gasteiger partial charge in [0, 0.05) is 0 Å². The number of thiocarbonyl (C=S) groups is 1. The predicted molar refractivity (Wildman–Crippen MR) is 39.0 cm³/mol. The van der Waals surface area contributed by atoms with Crippen LogP contribution >= 0.6 is 12.2 Å². The molecule has 0 radical (unpaired) electrons. The van der Waals surface area contributed by atoms with Gasteiger partial charge in [0.15, 0.2) is 5.05 Å². The summed E-state index contributed by atoms with van der Waals surface area (Å²) >= 11 is 4.69. The molecule has 0 bridgehead atoms. The van der Waals surface area contributed by atoms with E-state index in [2.05, 4.69) is 6.58 Å². The molecule has 8 heavy (non-hydrogen) atoms. The summed E-state index contributed by atoms with van der Waals surface area (Å²) in [7, 11) is 0. The zero-order valence-electron chi connectivity index (χ0n) is 5.18. The van der Waals surface area contributed by atoms with E-state index in [4.69, 9.17) is 17.0 Å². The first-order chi connectivity index (χ1) is 3.66. The van der Waals surface area contributed by atoms with Crippen molar-refractivity contribution in [2.45, 2.75) is 20.0 Å². The van der Waals surface area contributed by atoms with Crippen molar-refractivity contribution in [3.8, 4) is 0 Å². The van der Waals surface area contributed by atoms with Gasteiger partial charge in [0.2, 0.25) is 0 Å². The molecule has 0 heterocycles. The van der Waals surface area contributed by atoms with Crippen molar-refractivity contribution in [1.82, 2.24) is 0 Å². The third-order valence-electron chi connectivity index (χ3n) is 0.519. The Morgan fingerprint density at radius 1 is 1.75 bits per heavy atom. The molecule has 0 aromatic carbocycles. The largest absolute Gasteiger partial charge is 0.481 e. The van der Waals surface area contributed by atoms with E-state index in [-0.39, 0.29) is 6.10 Å². The quantitative estimate of drug-likeness (QED) is 0.417. The van der Waals surface area contributed by atoms with Crippen LogP contribution in [-0.4, -0.2) is 11.2 Å². The zero-order chi connectivity index (χ0) is 6.57. The lowest BCUT2D eigenvalue weighted by atomic mass is 10.5. The number of ether oxygens (including phenoxy) is 1. The fraction of sp³-hybridized carbons (Fsp3) is 0.500. The Bertz CT molecular complexity index is 96.7. The minimum absolute atomic E-state index is 0.167. The summed E-state index contributed by atoms with van der Waals surface area (Å²) in [5, 5.41) is 0.472. The summed E-state index contributed by atoms with van der Waals surface area (Å²) in [6, 6.07) is 0. The molecular weight excluding hydrogens is 120 g/mol. The number of hydrogen-bond acceptors (Lipinski definition) is 2. The maximum atomic E-state index is 5.01. The highest BCUT2D eigenvalue weighted by Crippen LogP contribution is 1.90. The van der Waals surface area contributed by atoms with Gasteiger partial charge in [-0.15, -0.1) is 0 Å². The Hall–Kier alpha value is -0.370. The fourth-order valence-corrected chi connectivity index (χ4v) is 0.473. The molecule has 0 fully saturated rings. The van der Waals surface area contributed by atoms with Crippen LogP contribution in [0, 0.1) is 0 Å². The molecular formula is C6H10OS. The second kappa shape index (κ2) is 3.61. The van der Waals surface area contributed by atoms with Crippen LogP contribution in [0.2, 0.25) is 0 Å². The van der Waals surface area contributed by atoms with Gasteiger partial charge in [0.25, 0.3) is 0 Å². The van der Waals surface area contributed by atoms with Crippen molar-refractivity contribution in [1.29, 1.82) is 0 Å². The van der Waals surface area contributed by atoms with Gasteiger partial charge < -0.3 is 4.74 Å². The van der Waals surface area contributed by atoms with Crippen LogP contribution in [0.4, 0.5) is 0 Å². The van der Waals surface area contributed by atoms with Crippen LogP contribution < -0.4 is 0 Å². The van der Waals surface area contributed by atoms with E-state index in [1.54, 1.807) is 0 Å². The molecule has 0 aliphatic rings. The second-order valence-electron chi connectivity index (χ2n) is 1.69. The van der Waals surface area contributed by atoms with Gasteiger partial charge in [-0.3, -0.25) is 0 Å². The lowest BCUT2D eigenvalue weighted by Gasteiger charge is -2.05. The minimum Gasteiger partial charge on any atom is -0.481 e. The van der Waals surface area contributed by atoms with Gasteiger partial charge in [-0.05, 0) is 32.1 Å². The molecule has 0 aromatic heterocycles. The van der Waals surface area contributed by atoms with E-state index in [0.29, 0.717) is 5.05 Å². The molecule has 0 aromatic rings. The molecule has 2 heteroatoms. The lowest BCUT2D eigenvalue weighted by molar-refractivity contribution is 0.237. The summed E-state index contributed by atoms with van der Waals surface area (Å²) in [6.07, 6.45) is 1.69. The van der Waals surface area contributed by atoms with E-state index < -0.39 is 0 Å². The topological polar surface area (TPSA) is 9.23 Å². The van der Waals surface area contributed by atoms with Gasteiger partial charge >= 0.3 is 0 Å². The smallest absolute Gasteiger partial charge is 0.183 e. The molecule has 0 saturated heterocycles. The Morgan fingerprint density at radius 2 is 2.25 bits per heavy atom. The first kappa shape index (κ1) is 7.63. The second-order valence-corrected chi connectivity index (χ2v) is 2.09. The predicted octanol–water partition coefficient (Wildman–Crippen LogP) is 1.92. The Balaban J connectivity index is 3.39. The van der Waals surface area contributed by atoms with E-state index in [0.717, 1.165) is 0 Å². The molecule has 1 nitrogen and oxygen atoms in total. The van der Waals surface area contributed by atoms with Crippen molar-refractivity contribution >= 4 is 17.3 Å². The van der Waals surface area contributed by atoms with Crippen molar-refractivity contribution in [3.05, 3.63) is 12.7 Å². The number of rotatable bonds is 2. The molecule has 0 unspecified atom stereocenters. The summed E-state index contributed by atoms with van der Waals surface area (Å²) in [5.74, 6) is 0. The molecule has 0 spiro atoms. The van der Waals surface area contributed by atoms with Crippen molar-refractivity contribution < 1.29 is 4.74 Å². The van der Waals surface area contributed by atoms with Gasteiger partial charge in [-0.1, -0.05) is 6.58 Å². The molecule has 0 saturated carbocycles. The van der Waals surface area contributed by atoms with Crippen LogP contribution in [0.5, 0.6) is 0 Å². The average Bonchev–Trinajstić information content (AvgIpc) is 1.65. The van der Waals surface area contributed by atoms with Crippen LogP contribution in [-0.2, 0) is 4.74 Å². The highest BCUT2D eigenvalue weighted by Gasteiger charge is 1.92. The van der Waals surface area contributed by atoms with Gasteiger partial charge in [-0.2, -0.15) is 0 Å².